The zero-order valence-corrected chi connectivity index (χ0v) is 11.0. The molecule has 0 nitrogen and oxygen atoms in total. The van der Waals surface area contributed by atoms with E-state index in [0.29, 0.717) is 4.83 Å². The van der Waals surface area contributed by atoms with Crippen LogP contribution in [-0.4, -0.2) is 0 Å². The second kappa shape index (κ2) is 5.40. The summed E-state index contributed by atoms with van der Waals surface area (Å²) in [7, 11) is 0. The van der Waals surface area contributed by atoms with Crippen molar-refractivity contribution in [2.24, 2.45) is 0 Å². The molecule has 0 bridgehead atoms. The molecule has 3 heteroatoms. The summed E-state index contributed by atoms with van der Waals surface area (Å²) in [4.78, 5) is 1.98. The van der Waals surface area contributed by atoms with Crippen LogP contribution in [0.1, 0.15) is 35.9 Å². The number of hydrogen-bond acceptors (Lipinski definition) is 1. The van der Waals surface area contributed by atoms with Crippen LogP contribution in [0.5, 0.6) is 0 Å². The van der Waals surface area contributed by atoms with Gasteiger partial charge in [0.05, 0.1) is 3.79 Å². The summed E-state index contributed by atoms with van der Waals surface area (Å²) in [6, 6.07) is 4.30. The Labute approximate surface area is 94.6 Å². The molecule has 0 fully saturated rings. The van der Waals surface area contributed by atoms with Crippen LogP contribution in [0.3, 0.4) is 0 Å². The maximum Gasteiger partial charge on any atom is 0.0701 e. The van der Waals surface area contributed by atoms with Gasteiger partial charge in [0.25, 0.3) is 0 Å². The first-order valence-corrected chi connectivity index (χ1v) is 6.66. The van der Waals surface area contributed by atoms with Crippen LogP contribution in [0, 0.1) is 0 Å². The highest BCUT2D eigenvalue weighted by Gasteiger charge is 2.08. The molecular formula is C9H12Br2S. The van der Waals surface area contributed by atoms with E-state index in [4.69, 9.17) is 0 Å². The fraction of sp³-hybridized carbons (Fsp3) is 0.556. The van der Waals surface area contributed by atoms with Crippen LogP contribution in [0.25, 0.3) is 0 Å². The van der Waals surface area contributed by atoms with Crippen molar-refractivity contribution in [1.29, 1.82) is 0 Å². The second-order valence-corrected chi connectivity index (χ2v) is 6.35. The minimum atomic E-state index is 0.550. The quantitative estimate of drug-likeness (QED) is 0.676. The van der Waals surface area contributed by atoms with Crippen LogP contribution >= 0.6 is 43.2 Å². The van der Waals surface area contributed by atoms with E-state index in [9.17, 15) is 0 Å². The molecule has 0 amide bonds. The van der Waals surface area contributed by atoms with E-state index in [1.54, 1.807) is 0 Å². The van der Waals surface area contributed by atoms with Crippen LogP contribution in [-0.2, 0) is 0 Å². The smallest absolute Gasteiger partial charge is 0.0701 e. The highest BCUT2D eigenvalue weighted by molar-refractivity contribution is 9.11. The van der Waals surface area contributed by atoms with Crippen molar-refractivity contribution in [2.75, 3.05) is 0 Å². The maximum atomic E-state index is 3.69. The van der Waals surface area contributed by atoms with E-state index in [-0.39, 0.29) is 0 Å². The van der Waals surface area contributed by atoms with Crippen molar-refractivity contribution in [1.82, 2.24) is 0 Å². The minimum Gasteiger partial charge on any atom is -0.132 e. The first kappa shape index (κ1) is 10.7. The van der Waals surface area contributed by atoms with Gasteiger partial charge in [-0.2, -0.15) is 0 Å². The standard InChI is InChI=1S/C9H12Br2S/c1-2-3-4-7(10)8-5-6-9(11)12-8/h5-7H,2-4H2,1H3. The van der Waals surface area contributed by atoms with Crippen LogP contribution < -0.4 is 0 Å². The van der Waals surface area contributed by atoms with Crippen molar-refractivity contribution in [3.8, 4) is 0 Å². The van der Waals surface area contributed by atoms with Gasteiger partial charge in [-0.05, 0) is 34.5 Å². The van der Waals surface area contributed by atoms with Crippen molar-refractivity contribution in [2.45, 2.75) is 31.0 Å². The first-order chi connectivity index (χ1) is 5.74. The van der Waals surface area contributed by atoms with Gasteiger partial charge in [0.15, 0.2) is 0 Å². The molecule has 0 N–H and O–H groups in total. The zero-order valence-electron chi connectivity index (χ0n) is 7.02. The van der Waals surface area contributed by atoms with Crippen molar-refractivity contribution in [3.05, 3.63) is 20.8 Å². The molecule has 0 spiro atoms. The topological polar surface area (TPSA) is 0 Å². The molecule has 1 unspecified atom stereocenters. The Balaban J connectivity index is 2.47. The lowest BCUT2D eigenvalue weighted by atomic mass is 10.2. The molecule has 0 saturated carbocycles. The normalized spacial score (nSPS) is 13.2. The van der Waals surface area contributed by atoms with Crippen molar-refractivity contribution >= 4 is 43.2 Å². The third-order valence-electron chi connectivity index (χ3n) is 1.71. The van der Waals surface area contributed by atoms with Gasteiger partial charge in [-0.15, -0.1) is 11.3 Å². The van der Waals surface area contributed by atoms with Crippen LogP contribution in [0.15, 0.2) is 15.9 Å². The van der Waals surface area contributed by atoms with Gasteiger partial charge in [-0.25, -0.2) is 0 Å². The fourth-order valence-electron chi connectivity index (χ4n) is 1.02. The number of rotatable bonds is 4. The zero-order chi connectivity index (χ0) is 8.97. The molecule has 0 aliphatic heterocycles. The largest absolute Gasteiger partial charge is 0.132 e. The van der Waals surface area contributed by atoms with E-state index in [0.717, 1.165) is 0 Å². The molecule has 0 aliphatic carbocycles. The number of thiophene rings is 1. The van der Waals surface area contributed by atoms with Crippen LogP contribution in [0.2, 0.25) is 0 Å². The lowest BCUT2D eigenvalue weighted by molar-refractivity contribution is 0.718. The summed E-state index contributed by atoms with van der Waals surface area (Å²) in [5.74, 6) is 0. The van der Waals surface area contributed by atoms with E-state index >= 15 is 0 Å². The SMILES string of the molecule is CCCCC(Br)c1ccc(Br)s1. The average Bonchev–Trinajstić information content (AvgIpc) is 2.47. The van der Waals surface area contributed by atoms with Gasteiger partial charge < -0.3 is 0 Å². The lowest BCUT2D eigenvalue weighted by Crippen LogP contribution is -1.84. The van der Waals surface area contributed by atoms with E-state index in [2.05, 4.69) is 50.9 Å². The highest BCUT2D eigenvalue weighted by atomic mass is 79.9. The molecule has 12 heavy (non-hydrogen) atoms. The highest BCUT2D eigenvalue weighted by Crippen LogP contribution is 2.35. The molecule has 1 rings (SSSR count). The number of hydrogen-bond donors (Lipinski definition) is 0. The predicted octanol–water partition coefficient (Wildman–Crippen LogP) is 5.14. The fourth-order valence-corrected chi connectivity index (χ4v) is 3.21. The Morgan fingerprint density at radius 2 is 2.25 bits per heavy atom. The van der Waals surface area contributed by atoms with Crippen LogP contribution in [0.4, 0.5) is 0 Å². The van der Waals surface area contributed by atoms with Gasteiger partial charge in [0.1, 0.15) is 0 Å². The monoisotopic (exact) mass is 310 g/mol. The number of halogens is 2. The lowest BCUT2D eigenvalue weighted by Gasteiger charge is -2.04. The Bertz CT molecular complexity index is 232. The Morgan fingerprint density at radius 3 is 2.75 bits per heavy atom. The van der Waals surface area contributed by atoms with E-state index in [1.807, 2.05) is 11.3 Å². The Hall–Kier alpha value is 0.660. The van der Waals surface area contributed by atoms with Gasteiger partial charge in [-0.3, -0.25) is 0 Å². The Kier molecular flexibility index (Phi) is 4.84. The third kappa shape index (κ3) is 3.19. The molecule has 0 aliphatic rings. The number of alkyl halides is 1. The predicted molar refractivity (Wildman–Crippen MR) is 63.2 cm³/mol. The molecule has 0 radical (unpaired) electrons. The molecule has 1 atom stereocenters. The summed E-state index contributed by atoms with van der Waals surface area (Å²) in [5, 5.41) is 0. The Morgan fingerprint density at radius 1 is 1.50 bits per heavy atom. The maximum absolute atomic E-state index is 3.69. The molecule has 1 aromatic rings. The second-order valence-electron chi connectivity index (χ2n) is 2.75. The van der Waals surface area contributed by atoms with Crippen molar-refractivity contribution in [3.63, 3.8) is 0 Å². The molecule has 1 aromatic heterocycles. The summed E-state index contributed by atoms with van der Waals surface area (Å²) in [6.07, 6.45) is 3.81. The summed E-state index contributed by atoms with van der Waals surface area (Å²) in [6.45, 7) is 2.23. The minimum absolute atomic E-state index is 0.550. The summed E-state index contributed by atoms with van der Waals surface area (Å²) in [5.41, 5.74) is 0. The third-order valence-corrected chi connectivity index (χ3v) is 4.71. The number of unbranched alkanes of at least 4 members (excludes halogenated alkanes) is 1. The summed E-state index contributed by atoms with van der Waals surface area (Å²) >= 11 is 8.97. The first-order valence-electron chi connectivity index (χ1n) is 4.13. The molecule has 1 heterocycles. The van der Waals surface area contributed by atoms with E-state index in [1.165, 1.54) is 27.9 Å². The molecule has 68 valence electrons. The van der Waals surface area contributed by atoms with Gasteiger partial charge >= 0.3 is 0 Å². The van der Waals surface area contributed by atoms with Gasteiger partial charge in [-0.1, -0.05) is 35.7 Å². The average molecular weight is 312 g/mol. The molecule has 0 aromatic carbocycles. The molecular weight excluding hydrogens is 300 g/mol. The molecule has 0 saturated heterocycles. The van der Waals surface area contributed by atoms with Crippen molar-refractivity contribution < 1.29 is 0 Å². The van der Waals surface area contributed by atoms with E-state index < -0.39 is 0 Å². The van der Waals surface area contributed by atoms with Gasteiger partial charge in [0.2, 0.25) is 0 Å². The van der Waals surface area contributed by atoms with Gasteiger partial charge in [0, 0.05) is 9.70 Å². The summed E-state index contributed by atoms with van der Waals surface area (Å²) < 4.78 is 1.22.